The summed E-state index contributed by atoms with van der Waals surface area (Å²) in [5.74, 6) is 3.85. The Morgan fingerprint density at radius 2 is 1.97 bits per heavy atom. The van der Waals surface area contributed by atoms with Crippen LogP contribution in [-0.2, 0) is 21.6 Å². The summed E-state index contributed by atoms with van der Waals surface area (Å²) in [6.07, 6.45) is -0.0477. The van der Waals surface area contributed by atoms with Gasteiger partial charge >= 0.3 is 12.1 Å². The number of nitrogens with one attached hydrogen (secondary N) is 1. The summed E-state index contributed by atoms with van der Waals surface area (Å²) in [7, 11) is 0. The van der Waals surface area contributed by atoms with E-state index >= 15 is 0 Å². The molecule has 12 nitrogen and oxygen atoms in total. The van der Waals surface area contributed by atoms with E-state index in [0.717, 1.165) is 0 Å². The van der Waals surface area contributed by atoms with Gasteiger partial charge in [-0.25, -0.2) is 4.79 Å². The van der Waals surface area contributed by atoms with Crippen LogP contribution in [0.3, 0.4) is 0 Å². The number of oxazole rings is 2. The van der Waals surface area contributed by atoms with E-state index in [4.69, 9.17) is 29.7 Å². The molecular weight excluding hydrogens is 482 g/mol. The van der Waals surface area contributed by atoms with E-state index in [-0.39, 0.29) is 47.0 Å². The van der Waals surface area contributed by atoms with Crippen LogP contribution in [0.5, 0.6) is 0 Å². The number of aliphatic carboxylic acids is 1. The molecule has 0 spiro atoms. The number of carbonyl (C=O) groups is 2. The van der Waals surface area contributed by atoms with E-state index in [1.165, 1.54) is 0 Å². The minimum Gasteiger partial charge on any atom is -0.480 e. The van der Waals surface area contributed by atoms with Crippen molar-refractivity contribution in [3.63, 3.8) is 0 Å². The number of halogens is 1. The molecule has 4 aromatic rings. The minimum absolute atomic E-state index is 0.00592. The van der Waals surface area contributed by atoms with Gasteiger partial charge in [0, 0.05) is 16.5 Å². The fourth-order valence-corrected chi connectivity index (χ4v) is 3.31. The molecule has 1 aliphatic carbocycles. The van der Waals surface area contributed by atoms with Crippen LogP contribution in [-0.4, -0.2) is 32.3 Å². The number of hydrogen-bond donors (Lipinski definition) is 2. The fourth-order valence-electron chi connectivity index (χ4n) is 3.12. The van der Waals surface area contributed by atoms with Crippen molar-refractivity contribution in [3.8, 4) is 17.9 Å². The van der Waals surface area contributed by atoms with Crippen molar-refractivity contribution >= 4 is 40.8 Å². The number of carboxylic acid groups (broad SMARTS) is 1. The molecule has 1 aromatic carbocycles. The van der Waals surface area contributed by atoms with E-state index in [1.54, 1.807) is 30.3 Å². The zero-order valence-electron chi connectivity index (χ0n) is 17.5. The number of hydrogen-bond acceptors (Lipinski definition) is 10. The monoisotopic (exact) mass is 493 g/mol. The molecule has 1 amide bonds. The van der Waals surface area contributed by atoms with Gasteiger partial charge in [0.25, 0.3) is 17.3 Å². The second-order valence-electron chi connectivity index (χ2n) is 7.43. The first-order valence-corrected chi connectivity index (χ1v) is 10.4. The zero-order valence-corrected chi connectivity index (χ0v) is 18.3. The molecule has 0 saturated heterocycles. The van der Waals surface area contributed by atoms with Crippen LogP contribution in [0.4, 0.5) is 10.5 Å². The van der Waals surface area contributed by atoms with Gasteiger partial charge in [-0.1, -0.05) is 35.0 Å². The van der Waals surface area contributed by atoms with Crippen LogP contribution in [0.1, 0.15) is 41.6 Å². The summed E-state index contributed by atoms with van der Waals surface area (Å²) in [4.78, 5) is 31.7. The predicted octanol–water partition coefficient (Wildman–Crippen LogP) is 3.59. The van der Waals surface area contributed by atoms with Crippen molar-refractivity contribution in [2.24, 2.45) is 0 Å². The molecule has 0 atom stereocenters. The molecule has 1 saturated carbocycles. The zero-order chi connectivity index (χ0) is 24.6. The molecule has 0 radical (unpaired) electrons. The van der Waals surface area contributed by atoms with E-state index < -0.39 is 17.5 Å². The largest absolute Gasteiger partial charge is 0.480 e. The maximum atomic E-state index is 12.2. The second-order valence-corrected chi connectivity index (χ2v) is 7.83. The number of fused-ring (bicyclic) bond motifs is 1. The van der Waals surface area contributed by atoms with Crippen molar-refractivity contribution in [3.05, 3.63) is 58.1 Å². The molecular formula is C22H12ClN5O7. The second kappa shape index (κ2) is 8.52. The van der Waals surface area contributed by atoms with Gasteiger partial charge in [0.05, 0.1) is 0 Å². The Balaban J connectivity index is 1.32. The van der Waals surface area contributed by atoms with Crippen molar-refractivity contribution in [2.75, 3.05) is 5.32 Å². The number of benzene rings is 1. The molecule has 1 fully saturated rings. The van der Waals surface area contributed by atoms with Crippen molar-refractivity contribution in [2.45, 2.75) is 24.9 Å². The van der Waals surface area contributed by atoms with Crippen molar-refractivity contribution in [1.82, 2.24) is 15.1 Å². The first-order valence-electron chi connectivity index (χ1n) is 10.00. The smallest absolute Gasteiger partial charge is 0.412 e. The maximum absolute atomic E-state index is 12.2. The normalized spacial score (nSPS) is 13.5. The van der Waals surface area contributed by atoms with Crippen LogP contribution in [0, 0.1) is 23.2 Å². The van der Waals surface area contributed by atoms with E-state index in [1.807, 2.05) is 0 Å². The number of ether oxygens (including phenoxy) is 1. The lowest BCUT2D eigenvalue weighted by atomic mass is 10.1. The number of rotatable bonds is 5. The summed E-state index contributed by atoms with van der Waals surface area (Å²) < 4.78 is 21.0. The SMILES string of the molecule is N#Cc1noc(C#Cc2nc3oc(C4(C(=O)O)CC4)nc3o2)c1NC(=O)OCc1ccccc1Cl. The summed E-state index contributed by atoms with van der Waals surface area (Å²) in [6.45, 7) is -0.104. The Kier molecular flexibility index (Phi) is 5.35. The van der Waals surface area contributed by atoms with Crippen LogP contribution >= 0.6 is 11.6 Å². The van der Waals surface area contributed by atoms with Crippen LogP contribution in [0.25, 0.3) is 11.4 Å². The van der Waals surface area contributed by atoms with Gasteiger partial charge in [-0.05, 0) is 24.8 Å². The number of nitriles is 1. The molecule has 3 aromatic heterocycles. The third-order valence-electron chi connectivity index (χ3n) is 5.17. The molecule has 0 unspecified atom stereocenters. The van der Waals surface area contributed by atoms with E-state index in [0.29, 0.717) is 23.4 Å². The summed E-state index contributed by atoms with van der Waals surface area (Å²) >= 11 is 6.04. The van der Waals surface area contributed by atoms with Crippen LogP contribution < -0.4 is 5.32 Å². The third-order valence-corrected chi connectivity index (χ3v) is 5.54. The minimum atomic E-state index is -1.14. The fraction of sp³-hybridized carbons (Fsp3) is 0.182. The molecule has 174 valence electrons. The maximum Gasteiger partial charge on any atom is 0.412 e. The van der Waals surface area contributed by atoms with Gasteiger partial charge in [0.1, 0.15) is 23.8 Å². The van der Waals surface area contributed by atoms with Crippen LogP contribution in [0.15, 0.2) is 37.6 Å². The van der Waals surface area contributed by atoms with Gasteiger partial charge in [-0.3, -0.25) is 10.1 Å². The standard InChI is InChI=1S/C22H12ClN5O7/c23-12-4-2-1-3-11(12)10-32-21(31)26-16-13(9-24)28-35-14(16)5-6-15-25-17-18(33-15)27-19(34-17)22(7-8-22)20(29)30/h1-4H,7-8,10H2,(H,26,31)(H,29,30). The molecule has 3 heterocycles. The number of carboxylic acids is 1. The molecule has 13 heteroatoms. The number of nitrogens with zero attached hydrogens (tertiary/aromatic N) is 4. The number of anilines is 1. The van der Waals surface area contributed by atoms with Gasteiger partial charge in [-0.2, -0.15) is 15.2 Å². The molecule has 0 bridgehead atoms. The quantitative estimate of drug-likeness (QED) is 0.388. The number of amides is 1. The Bertz CT molecular complexity index is 1550. The highest BCUT2D eigenvalue weighted by molar-refractivity contribution is 6.31. The number of carbonyl (C=O) groups excluding carboxylic acids is 1. The molecule has 35 heavy (non-hydrogen) atoms. The highest BCUT2D eigenvalue weighted by atomic mass is 35.5. The highest BCUT2D eigenvalue weighted by Crippen LogP contribution is 2.48. The predicted molar refractivity (Wildman–Crippen MR) is 115 cm³/mol. The average Bonchev–Trinajstić information content (AvgIpc) is 3.23. The molecule has 1 aliphatic rings. The summed E-state index contributed by atoms with van der Waals surface area (Å²) in [5, 5.41) is 25.0. The van der Waals surface area contributed by atoms with Gasteiger partial charge in [0.2, 0.25) is 17.3 Å². The number of aromatic nitrogens is 3. The van der Waals surface area contributed by atoms with Gasteiger partial charge in [-0.15, -0.1) is 0 Å². The highest BCUT2D eigenvalue weighted by Gasteiger charge is 2.56. The Morgan fingerprint density at radius 1 is 1.20 bits per heavy atom. The lowest BCUT2D eigenvalue weighted by molar-refractivity contribution is -0.140. The van der Waals surface area contributed by atoms with Gasteiger partial charge in [0.15, 0.2) is 0 Å². The van der Waals surface area contributed by atoms with Crippen molar-refractivity contribution < 1.29 is 32.8 Å². The van der Waals surface area contributed by atoms with Crippen LogP contribution in [0.2, 0.25) is 5.02 Å². The average molecular weight is 494 g/mol. The molecule has 0 aliphatic heterocycles. The lowest BCUT2D eigenvalue weighted by Gasteiger charge is -2.07. The van der Waals surface area contributed by atoms with Crippen molar-refractivity contribution in [1.29, 1.82) is 5.26 Å². The molecule has 5 rings (SSSR count). The Hall–Kier alpha value is -4.81. The Labute approximate surface area is 200 Å². The summed E-state index contributed by atoms with van der Waals surface area (Å²) in [6, 6.07) is 8.62. The van der Waals surface area contributed by atoms with E-state index in [9.17, 15) is 20.0 Å². The molecule has 2 N–H and O–H groups in total. The topological polar surface area (TPSA) is 178 Å². The van der Waals surface area contributed by atoms with E-state index in [2.05, 4.69) is 32.3 Å². The summed E-state index contributed by atoms with van der Waals surface area (Å²) in [5.41, 5.74) is -0.876. The first-order chi connectivity index (χ1) is 16.9. The van der Waals surface area contributed by atoms with Gasteiger partial charge < -0.3 is 23.2 Å². The lowest BCUT2D eigenvalue weighted by Crippen LogP contribution is -2.19. The third kappa shape index (κ3) is 4.14. The Morgan fingerprint density at radius 3 is 2.66 bits per heavy atom. The first kappa shape index (κ1) is 22.0.